The van der Waals surface area contributed by atoms with Crippen LogP contribution < -0.4 is 0 Å². The lowest BCUT2D eigenvalue weighted by molar-refractivity contribution is 0.0691. The molecule has 2 aromatic carbocycles. The SMILES string of the molecule is Cc1ccc(-c2cc(C(=O)O)nc3c(-c4c(F)cccc4F)nccc23)c(F)c1. The number of hydrogen-bond acceptors (Lipinski definition) is 3. The maximum atomic E-state index is 14.6. The van der Waals surface area contributed by atoms with Crippen molar-refractivity contribution in [1.29, 1.82) is 0 Å². The van der Waals surface area contributed by atoms with Crippen LogP contribution in [0.1, 0.15) is 16.1 Å². The second-order valence-corrected chi connectivity index (χ2v) is 6.50. The molecule has 0 saturated heterocycles. The molecule has 29 heavy (non-hydrogen) atoms. The number of carboxylic acids is 1. The molecule has 0 radical (unpaired) electrons. The Kier molecular flexibility index (Phi) is 4.50. The summed E-state index contributed by atoms with van der Waals surface area (Å²) in [4.78, 5) is 19.7. The summed E-state index contributed by atoms with van der Waals surface area (Å²) in [7, 11) is 0. The summed E-state index contributed by atoms with van der Waals surface area (Å²) in [5, 5.41) is 9.80. The molecule has 4 aromatic rings. The van der Waals surface area contributed by atoms with Crippen LogP contribution in [0.2, 0.25) is 0 Å². The molecule has 4 nitrogen and oxygen atoms in total. The van der Waals surface area contributed by atoms with Gasteiger partial charge in [-0.1, -0.05) is 18.2 Å². The van der Waals surface area contributed by atoms with Crippen LogP contribution >= 0.6 is 0 Å². The lowest BCUT2D eigenvalue weighted by Gasteiger charge is -2.13. The van der Waals surface area contributed by atoms with Gasteiger partial charge in [-0.05, 0) is 48.4 Å². The van der Waals surface area contributed by atoms with E-state index in [9.17, 15) is 23.1 Å². The van der Waals surface area contributed by atoms with Crippen molar-refractivity contribution in [3.05, 3.63) is 83.4 Å². The molecular formula is C22H13F3N2O2. The maximum absolute atomic E-state index is 14.6. The Balaban J connectivity index is 2.13. The Morgan fingerprint density at radius 3 is 2.31 bits per heavy atom. The predicted molar refractivity (Wildman–Crippen MR) is 102 cm³/mol. The van der Waals surface area contributed by atoms with E-state index in [2.05, 4.69) is 9.97 Å². The molecular weight excluding hydrogens is 381 g/mol. The number of rotatable bonds is 3. The van der Waals surface area contributed by atoms with E-state index in [4.69, 9.17) is 0 Å². The van der Waals surface area contributed by atoms with Crippen LogP contribution in [0.3, 0.4) is 0 Å². The van der Waals surface area contributed by atoms with Crippen molar-refractivity contribution in [2.45, 2.75) is 6.92 Å². The Bertz CT molecular complexity index is 1270. The third-order valence-electron chi connectivity index (χ3n) is 4.56. The molecule has 0 aliphatic rings. The summed E-state index contributed by atoms with van der Waals surface area (Å²) >= 11 is 0. The van der Waals surface area contributed by atoms with Gasteiger partial charge in [0.05, 0.1) is 11.1 Å². The summed E-state index contributed by atoms with van der Waals surface area (Å²) < 4.78 is 43.4. The van der Waals surface area contributed by atoms with E-state index in [1.807, 2.05) is 0 Å². The van der Waals surface area contributed by atoms with Crippen molar-refractivity contribution < 1.29 is 23.1 Å². The normalized spacial score (nSPS) is 11.0. The third kappa shape index (κ3) is 3.20. The highest BCUT2D eigenvalue weighted by atomic mass is 19.1. The molecule has 0 unspecified atom stereocenters. The first-order chi connectivity index (χ1) is 13.9. The van der Waals surface area contributed by atoms with Gasteiger partial charge < -0.3 is 5.11 Å². The fourth-order valence-electron chi connectivity index (χ4n) is 3.23. The Hall–Kier alpha value is -3.74. The Morgan fingerprint density at radius 1 is 0.931 bits per heavy atom. The Labute approximate surface area is 163 Å². The van der Waals surface area contributed by atoms with E-state index in [-0.39, 0.29) is 22.3 Å². The molecule has 0 saturated carbocycles. The van der Waals surface area contributed by atoms with Gasteiger partial charge >= 0.3 is 5.97 Å². The van der Waals surface area contributed by atoms with Gasteiger partial charge in [0, 0.05) is 17.1 Å². The van der Waals surface area contributed by atoms with E-state index in [1.165, 1.54) is 36.5 Å². The number of nitrogens with zero attached hydrogens (tertiary/aromatic N) is 2. The average molecular weight is 394 g/mol. The number of carboxylic acid groups (broad SMARTS) is 1. The molecule has 2 aromatic heterocycles. The van der Waals surface area contributed by atoms with Gasteiger partial charge in [0.1, 0.15) is 28.8 Å². The first-order valence-electron chi connectivity index (χ1n) is 8.61. The molecule has 0 atom stereocenters. The minimum absolute atomic E-state index is 0.0358. The van der Waals surface area contributed by atoms with Gasteiger partial charge in [-0.3, -0.25) is 4.98 Å². The van der Waals surface area contributed by atoms with E-state index in [1.54, 1.807) is 13.0 Å². The number of fused-ring (bicyclic) bond motifs is 1. The molecule has 7 heteroatoms. The summed E-state index contributed by atoms with van der Waals surface area (Å²) in [5.41, 5.74) is 0.0732. The van der Waals surface area contributed by atoms with Crippen LogP contribution in [-0.4, -0.2) is 21.0 Å². The number of aryl methyl sites for hydroxylation is 1. The monoisotopic (exact) mass is 394 g/mol. The summed E-state index contributed by atoms with van der Waals surface area (Å²) in [5.74, 6) is -3.64. The number of pyridine rings is 2. The minimum Gasteiger partial charge on any atom is -0.477 e. The molecule has 144 valence electrons. The number of carbonyl (C=O) groups is 1. The van der Waals surface area contributed by atoms with Crippen molar-refractivity contribution in [3.63, 3.8) is 0 Å². The second-order valence-electron chi connectivity index (χ2n) is 6.50. The first-order valence-corrected chi connectivity index (χ1v) is 8.61. The van der Waals surface area contributed by atoms with Crippen molar-refractivity contribution >= 4 is 16.9 Å². The lowest BCUT2D eigenvalue weighted by atomic mass is 9.97. The highest BCUT2D eigenvalue weighted by molar-refractivity contribution is 6.03. The van der Waals surface area contributed by atoms with Crippen LogP contribution in [0, 0.1) is 24.4 Å². The van der Waals surface area contributed by atoms with Crippen LogP contribution in [0.4, 0.5) is 13.2 Å². The van der Waals surface area contributed by atoms with Crippen LogP contribution in [0.15, 0.2) is 54.7 Å². The highest BCUT2D eigenvalue weighted by Gasteiger charge is 2.21. The molecule has 0 aliphatic heterocycles. The lowest BCUT2D eigenvalue weighted by Crippen LogP contribution is -2.04. The summed E-state index contributed by atoms with van der Waals surface area (Å²) in [6.45, 7) is 1.73. The molecule has 0 spiro atoms. The molecule has 1 N–H and O–H groups in total. The van der Waals surface area contributed by atoms with Gasteiger partial charge in [-0.2, -0.15) is 0 Å². The van der Waals surface area contributed by atoms with E-state index in [0.29, 0.717) is 10.9 Å². The maximum Gasteiger partial charge on any atom is 0.354 e. The molecule has 2 heterocycles. The van der Waals surface area contributed by atoms with Crippen molar-refractivity contribution in [2.24, 2.45) is 0 Å². The van der Waals surface area contributed by atoms with Gasteiger partial charge in [-0.25, -0.2) is 22.9 Å². The van der Waals surface area contributed by atoms with Crippen LogP contribution in [0.5, 0.6) is 0 Å². The zero-order chi connectivity index (χ0) is 20.7. The fourth-order valence-corrected chi connectivity index (χ4v) is 3.23. The number of aromatic nitrogens is 2. The third-order valence-corrected chi connectivity index (χ3v) is 4.56. The summed E-state index contributed by atoms with van der Waals surface area (Å²) in [6.07, 6.45) is 1.32. The van der Waals surface area contributed by atoms with E-state index >= 15 is 0 Å². The zero-order valence-electron chi connectivity index (χ0n) is 15.1. The first kappa shape index (κ1) is 18.6. The predicted octanol–water partition coefficient (Wildman–Crippen LogP) is 5.39. The summed E-state index contributed by atoms with van der Waals surface area (Å²) in [6, 6.07) is 10.6. The van der Waals surface area contributed by atoms with Crippen molar-refractivity contribution in [3.8, 4) is 22.4 Å². The molecule has 4 rings (SSSR count). The van der Waals surface area contributed by atoms with Gasteiger partial charge in [0.15, 0.2) is 0 Å². The second kappa shape index (κ2) is 7.01. The number of benzene rings is 2. The van der Waals surface area contributed by atoms with E-state index in [0.717, 1.165) is 12.1 Å². The average Bonchev–Trinajstić information content (AvgIpc) is 2.67. The van der Waals surface area contributed by atoms with Gasteiger partial charge in [-0.15, -0.1) is 0 Å². The molecule has 0 amide bonds. The number of halogens is 3. The molecule has 0 bridgehead atoms. The smallest absolute Gasteiger partial charge is 0.354 e. The largest absolute Gasteiger partial charge is 0.477 e. The zero-order valence-corrected chi connectivity index (χ0v) is 15.1. The van der Waals surface area contributed by atoms with Crippen LogP contribution in [0.25, 0.3) is 33.3 Å². The fraction of sp³-hybridized carbons (Fsp3) is 0.0455. The Morgan fingerprint density at radius 2 is 1.66 bits per heavy atom. The van der Waals surface area contributed by atoms with Crippen molar-refractivity contribution in [1.82, 2.24) is 9.97 Å². The number of hydrogen-bond donors (Lipinski definition) is 1. The van der Waals surface area contributed by atoms with E-state index < -0.39 is 34.7 Å². The topological polar surface area (TPSA) is 63.1 Å². The molecule has 0 aliphatic carbocycles. The molecule has 0 fully saturated rings. The highest BCUT2D eigenvalue weighted by Crippen LogP contribution is 2.36. The minimum atomic E-state index is -1.36. The van der Waals surface area contributed by atoms with Gasteiger partial charge in [0.2, 0.25) is 0 Å². The van der Waals surface area contributed by atoms with Crippen molar-refractivity contribution in [2.75, 3.05) is 0 Å². The number of aromatic carboxylic acids is 1. The standard InChI is InChI=1S/C22H13F3N2O2/c1-11-5-6-12(17(25)9-11)14-10-18(22(28)29)27-20-13(14)7-8-26-21(20)19-15(23)3-2-4-16(19)24/h2-10H,1H3,(H,28,29). The van der Waals surface area contributed by atoms with Gasteiger partial charge in [0.25, 0.3) is 0 Å². The quantitative estimate of drug-likeness (QED) is 0.506. The van der Waals surface area contributed by atoms with Crippen LogP contribution in [-0.2, 0) is 0 Å².